The molecule has 2 rings (SSSR count). The Hall–Kier alpha value is -1.51. The fraction of sp³-hybridized carbons (Fsp3) is 0.300. The van der Waals surface area contributed by atoms with Gasteiger partial charge in [-0.1, -0.05) is 0 Å². The number of hydrogen-bond acceptors (Lipinski definition) is 1. The van der Waals surface area contributed by atoms with Crippen molar-refractivity contribution in [3.05, 3.63) is 43.9 Å². The Labute approximate surface area is 75.5 Å². The van der Waals surface area contributed by atoms with Crippen LogP contribution >= 0.6 is 0 Å². The standard InChI is InChI=1S/C10H12N2O/c1-5-4-8-9(10(5)13)12-7(3)6(2)11-8/h4,11-12H,1-3H3. The van der Waals surface area contributed by atoms with Crippen molar-refractivity contribution in [3.63, 3.8) is 0 Å². The van der Waals surface area contributed by atoms with Crippen molar-refractivity contribution in [1.29, 1.82) is 0 Å². The van der Waals surface area contributed by atoms with Crippen LogP contribution in [0.4, 0.5) is 0 Å². The lowest BCUT2D eigenvalue weighted by Crippen LogP contribution is -2.04. The summed E-state index contributed by atoms with van der Waals surface area (Å²) in [6, 6.07) is 1.88. The lowest BCUT2D eigenvalue weighted by Gasteiger charge is -1.98. The summed E-state index contributed by atoms with van der Waals surface area (Å²) in [6.45, 7) is 5.76. The highest BCUT2D eigenvalue weighted by atomic mass is 16.1. The molecule has 0 aromatic heterocycles. The molecule has 1 aliphatic heterocycles. The SMILES string of the molecule is Cc1[nH]c2cc(C)c(=O)c=2[nH]c1C. The molecule has 2 N–H and O–H groups in total. The first-order chi connectivity index (χ1) is 6.09. The zero-order valence-electron chi connectivity index (χ0n) is 7.99. The second-order valence-electron chi connectivity index (χ2n) is 3.45. The number of hydrogen-bond donors (Lipinski definition) is 2. The third kappa shape index (κ3) is 1.08. The van der Waals surface area contributed by atoms with Gasteiger partial charge in [0.05, 0.1) is 5.35 Å². The van der Waals surface area contributed by atoms with Gasteiger partial charge in [-0.3, -0.25) is 4.79 Å². The van der Waals surface area contributed by atoms with Gasteiger partial charge >= 0.3 is 0 Å². The van der Waals surface area contributed by atoms with Crippen LogP contribution in [0.2, 0.25) is 0 Å². The minimum absolute atomic E-state index is 0.0920. The van der Waals surface area contributed by atoms with E-state index in [1.807, 2.05) is 26.8 Å². The van der Waals surface area contributed by atoms with Crippen molar-refractivity contribution in [1.82, 2.24) is 9.97 Å². The van der Waals surface area contributed by atoms with Crippen LogP contribution in [0.25, 0.3) is 0 Å². The molecule has 3 nitrogen and oxygen atoms in total. The zero-order chi connectivity index (χ0) is 9.59. The fourth-order valence-electron chi connectivity index (χ4n) is 1.47. The normalized spacial score (nSPS) is 11.0. The van der Waals surface area contributed by atoms with Crippen molar-refractivity contribution >= 4 is 0 Å². The molecule has 3 heteroatoms. The van der Waals surface area contributed by atoms with E-state index in [2.05, 4.69) is 9.97 Å². The van der Waals surface area contributed by atoms with E-state index in [0.29, 0.717) is 5.35 Å². The predicted molar refractivity (Wildman–Crippen MR) is 50.9 cm³/mol. The van der Waals surface area contributed by atoms with Crippen LogP contribution in [-0.4, -0.2) is 9.97 Å². The van der Waals surface area contributed by atoms with E-state index in [1.54, 1.807) is 0 Å². The van der Waals surface area contributed by atoms with Crippen molar-refractivity contribution < 1.29 is 0 Å². The maximum absolute atomic E-state index is 11.5. The quantitative estimate of drug-likeness (QED) is 0.625. The first kappa shape index (κ1) is 8.10. The summed E-state index contributed by atoms with van der Waals surface area (Å²) in [7, 11) is 0. The molecule has 0 aromatic carbocycles. The van der Waals surface area contributed by atoms with E-state index < -0.39 is 0 Å². The highest BCUT2D eigenvalue weighted by Gasteiger charge is 2.02. The minimum atomic E-state index is 0.0920. The minimum Gasteiger partial charge on any atom is -0.356 e. The van der Waals surface area contributed by atoms with Crippen LogP contribution in [0, 0.1) is 31.5 Å². The topological polar surface area (TPSA) is 48.6 Å². The monoisotopic (exact) mass is 176 g/mol. The second kappa shape index (κ2) is 2.49. The lowest BCUT2D eigenvalue weighted by molar-refractivity contribution is 0.998. The van der Waals surface area contributed by atoms with Gasteiger partial charge in [0, 0.05) is 17.0 Å². The molecular weight excluding hydrogens is 164 g/mol. The Balaban J connectivity index is 3.06. The van der Waals surface area contributed by atoms with Crippen molar-refractivity contribution in [3.8, 4) is 0 Å². The van der Waals surface area contributed by atoms with Gasteiger partial charge in [-0.2, -0.15) is 0 Å². The first-order valence-corrected chi connectivity index (χ1v) is 4.28. The van der Waals surface area contributed by atoms with Crippen molar-refractivity contribution in [2.24, 2.45) is 0 Å². The molecule has 1 heterocycles. The molecular formula is C10H12N2O. The van der Waals surface area contributed by atoms with E-state index in [0.717, 1.165) is 22.3 Å². The molecule has 2 aliphatic rings. The van der Waals surface area contributed by atoms with Gasteiger partial charge in [-0.05, 0) is 26.8 Å². The molecule has 0 bridgehead atoms. The predicted octanol–water partition coefficient (Wildman–Crippen LogP) is 1.35. The Kier molecular flexibility index (Phi) is 1.55. The highest BCUT2D eigenvalue weighted by Crippen LogP contribution is 2.01. The number of aromatic nitrogens is 2. The Bertz CT molecular complexity index is 562. The molecule has 0 aromatic rings. The summed E-state index contributed by atoms with van der Waals surface area (Å²) in [5.41, 5.74) is 2.95. The van der Waals surface area contributed by atoms with Gasteiger partial charge in [-0.15, -0.1) is 0 Å². The molecule has 0 amide bonds. The van der Waals surface area contributed by atoms with E-state index in [4.69, 9.17) is 0 Å². The maximum atomic E-state index is 11.5. The third-order valence-electron chi connectivity index (χ3n) is 2.41. The molecule has 0 saturated carbocycles. The summed E-state index contributed by atoms with van der Waals surface area (Å²) in [6.07, 6.45) is 0. The highest BCUT2D eigenvalue weighted by molar-refractivity contribution is 5.19. The van der Waals surface area contributed by atoms with Gasteiger partial charge in [0.15, 0.2) is 0 Å². The van der Waals surface area contributed by atoms with Gasteiger partial charge < -0.3 is 9.97 Å². The Morgan fingerprint density at radius 3 is 2.38 bits per heavy atom. The van der Waals surface area contributed by atoms with Crippen LogP contribution in [-0.2, 0) is 0 Å². The van der Waals surface area contributed by atoms with E-state index in [1.165, 1.54) is 0 Å². The summed E-state index contributed by atoms with van der Waals surface area (Å²) >= 11 is 0. The molecule has 0 unspecified atom stereocenters. The molecule has 1 aliphatic carbocycles. The van der Waals surface area contributed by atoms with Crippen molar-refractivity contribution in [2.45, 2.75) is 20.8 Å². The Morgan fingerprint density at radius 2 is 1.69 bits per heavy atom. The molecule has 13 heavy (non-hydrogen) atoms. The number of aryl methyl sites for hydroxylation is 3. The van der Waals surface area contributed by atoms with Gasteiger partial charge in [0.25, 0.3) is 0 Å². The molecule has 0 spiro atoms. The summed E-state index contributed by atoms with van der Waals surface area (Å²) in [4.78, 5) is 17.8. The van der Waals surface area contributed by atoms with Crippen LogP contribution in [0.15, 0.2) is 10.9 Å². The molecule has 0 radical (unpaired) electrons. The lowest BCUT2D eigenvalue weighted by atomic mass is 10.3. The zero-order valence-corrected chi connectivity index (χ0v) is 7.99. The van der Waals surface area contributed by atoms with E-state index in [-0.39, 0.29) is 5.43 Å². The summed E-state index contributed by atoms with van der Waals surface area (Å²) in [5, 5.41) is 1.58. The molecule has 0 saturated heterocycles. The van der Waals surface area contributed by atoms with E-state index in [9.17, 15) is 4.79 Å². The molecule has 68 valence electrons. The average Bonchev–Trinajstić information content (AvgIpc) is 2.32. The third-order valence-corrected chi connectivity index (χ3v) is 2.41. The first-order valence-electron chi connectivity index (χ1n) is 4.28. The average molecular weight is 176 g/mol. The number of nitrogens with one attached hydrogen (secondary N) is 2. The fourth-order valence-corrected chi connectivity index (χ4v) is 1.47. The van der Waals surface area contributed by atoms with E-state index >= 15 is 0 Å². The van der Waals surface area contributed by atoms with Crippen LogP contribution in [0.5, 0.6) is 0 Å². The number of aromatic amines is 2. The Morgan fingerprint density at radius 1 is 1.08 bits per heavy atom. The largest absolute Gasteiger partial charge is 0.356 e. The van der Waals surface area contributed by atoms with Crippen LogP contribution < -0.4 is 5.43 Å². The van der Waals surface area contributed by atoms with Crippen molar-refractivity contribution in [2.75, 3.05) is 0 Å². The van der Waals surface area contributed by atoms with Crippen LogP contribution in [0.3, 0.4) is 0 Å². The number of rotatable bonds is 0. The maximum Gasteiger partial charge on any atom is 0.207 e. The smallest absolute Gasteiger partial charge is 0.207 e. The second-order valence-corrected chi connectivity index (χ2v) is 3.45. The summed E-state index contributed by atoms with van der Waals surface area (Å²) in [5.74, 6) is 0. The van der Waals surface area contributed by atoms with Gasteiger partial charge in [0.2, 0.25) is 5.43 Å². The molecule has 0 atom stereocenters. The molecule has 0 fully saturated rings. The van der Waals surface area contributed by atoms with Crippen LogP contribution in [0.1, 0.15) is 17.0 Å². The van der Waals surface area contributed by atoms with Gasteiger partial charge in [-0.25, -0.2) is 0 Å². The summed E-state index contributed by atoms with van der Waals surface area (Å²) < 4.78 is 0. The number of H-pyrrole nitrogens is 2. The van der Waals surface area contributed by atoms with Gasteiger partial charge in [0.1, 0.15) is 5.35 Å².